The van der Waals surface area contributed by atoms with Crippen LogP contribution in [0.3, 0.4) is 0 Å². The summed E-state index contributed by atoms with van der Waals surface area (Å²) in [5.41, 5.74) is 5.17. The van der Waals surface area contributed by atoms with Crippen molar-refractivity contribution in [1.29, 1.82) is 0 Å². The zero-order valence-electron chi connectivity index (χ0n) is 14.0. The Balaban J connectivity index is 1.76. The fraction of sp³-hybridized carbons (Fsp3) is 0.625. The molecule has 1 aliphatic rings. The molecular weight excluding hydrogens is 294 g/mol. The lowest BCUT2D eigenvalue weighted by Crippen LogP contribution is -2.48. The van der Waals surface area contributed by atoms with Gasteiger partial charge >= 0.3 is 0 Å². The molecule has 7 nitrogen and oxygen atoms in total. The van der Waals surface area contributed by atoms with Crippen LogP contribution in [-0.4, -0.2) is 49.5 Å². The summed E-state index contributed by atoms with van der Waals surface area (Å²) in [7, 11) is 1.75. The number of rotatable bonds is 6. The number of nitrogens with one attached hydrogen (secondary N) is 2. The highest BCUT2D eigenvalue weighted by molar-refractivity contribution is 5.89. The number of hydrogen-bond donors (Lipinski definition) is 3. The van der Waals surface area contributed by atoms with E-state index in [1.807, 2.05) is 0 Å². The first kappa shape index (κ1) is 17.3. The van der Waals surface area contributed by atoms with Crippen LogP contribution in [0.5, 0.6) is 0 Å². The molecule has 0 saturated carbocycles. The number of likely N-dealkylation sites (tertiary alicyclic amines) is 1. The van der Waals surface area contributed by atoms with Crippen LogP contribution >= 0.6 is 0 Å². The number of guanidine groups is 1. The van der Waals surface area contributed by atoms with E-state index in [9.17, 15) is 4.79 Å². The number of primary amides is 1. The van der Waals surface area contributed by atoms with Gasteiger partial charge in [0.1, 0.15) is 5.76 Å². The van der Waals surface area contributed by atoms with E-state index >= 15 is 0 Å². The fourth-order valence-corrected chi connectivity index (χ4v) is 2.78. The van der Waals surface area contributed by atoms with E-state index in [0.29, 0.717) is 18.3 Å². The van der Waals surface area contributed by atoms with Crippen molar-refractivity contribution >= 4 is 11.9 Å². The molecule has 1 aliphatic heterocycles. The number of nitrogens with zero attached hydrogens (tertiary/aromatic N) is 2. The number of aliphatic imine (C=N–C) groups is 1. The Morgan fingerprint density at radius 1 is 1.43 bits per heavy atom. The minimum absolute atomic E-state index is 0.174. The van der Waals surface area contributed by atoms with Gasteiger partial charge in [-0.05, 0) is 37.9 Å². The summed E-state index contributed by atoms with van der Waals surface area (Å²) < 4.78 is 5.34. The number of amides is 1. The Morgan fingerprint density at radius 2 is 2.17 bits per heavy atom. The Morgan fingerprint density at radius 3 is 2.74 bits per heavy atom. The van der Waals surface area contributed by atoms with Crippen LogP contribution < -0.4 is 16.4 Å². The molecule has 2 heterocycles. The van der Waals surface area contributed by atoms with Crippen molar-refractivity contribution in [1.82, 2.24) is 15.5 Å². The number of piperidine rings is 1. The molecule has 0 unspecified atom stereocenters. The predicted molar refractivity (Wildman–Crippen MR) is 90.3 cm³/mol. The number of carbonyl (C=O) groups is 1. The van der Waals surface area contributed by atoms with E-state index in [4.69, 9.17) is 10.2 Å². The largest absolute Gasteiger partial charge is 0.454 e. The Kier molecular flexibility index (Phi) is 6.46. The zero-order chi connectivity index (χ0) is 16.7. The molecule has 1 amide bonds. The first-order valence-corrected chi connectivity index (χ1v) is 8.20. The Labute approximate surface area is 137 Å². The molecule has 1 aromatic rings. The van der Waals surface area contributed by atoms with E-state index < -0.39 is 5.91 Å². The lowest BCUT2D eigenvalue weighted by atomic mass is 10.1. The van der Waals surface area contributed by atoms with Crippen LogP contribution in [0.25, 0.3) is 0 Å². The second-order valence-corrected chi connectivity index (χ2v) is 5.82. The minimum Gasteiger partial charge on any atom is -0.454 e. The molecule has 0 spiro atoms. The average Bonchev–Trinajstić information content (AvgIpc) is 3.02. The average molecular weight is 321 g/mol. The summed E-state index contributed by atoms with van der Waals surface area (Å²) >= 11 is 0. The van der Waals surface area contributed by atoms with Gasteiger partial charge in [0.25, 0.3) is 5.91 Å². The molecule has 1 saturated heterocycles. The van der Waals surface area contributed by atoms with Gasteiger partial charge in [-0.3, -0.25) is 9.79 Å². The Hall–Kier alpha value is -2.02. The molecule has 1 aromatic heterocycles. The quantitative estimate of drug-likeness (QED) is 0.535. The Bertz CT molecular complexity index is 532. The molecule has 0 atom stereocenters. The fourth-order valence-electron chi connectivity index (χ4n) is 2.78. The predicted octanol–water partition coefficient (Wildman–Crippen LogP) is 0.918. The standard InChI is InChI=1S/C16H27N5O2/c1-3-8-21-9-6-12(7-10-21)20-16(18-2)19-11-13-4-5-14(23-13)15(17)22/h4-5,12H,3,6-11H2,1-2H3,(H2,17,22)(H2,18,19,20). The van der Waals surface area contributed by atoms with Crippen LogP contribution in [0, 0.1) is 0 Å². The highest BCUT2D eigenvalue weighted by Crippen LogP contribution is 2.11. The summed E-state index contributed by atoms with van der Waals surface area (Å²) in [6.07, 6.45) is 3.44. The first-order chi connectivity index (χ1) is 11.1. The maximum Gasteiger partial charge on any atom is 0.284 e. The SMILES string of the molecule is CCCN1CCC(NC(=NC)NCc2ccc(C(N)=O)o2)CC1. The van der Waals surface area contributed by atoms with Crippen molar-refractivity contribution in [3.05, 3.63) is 23.7 Å². The number of furan rings is 1. The molecule has 4 N–H and O–H groups in total. The van der Waals surface area contributed by atoms with E-state index in [1.54, 1.807) is 19.2 Å². The normalized spacial score (nSPS) is 17.2. The summed E-state index contributed by atoms with van der Waals surface area (Å²) in [6, 6.07) is 3.76. The van der Waals surface area contributed by atoms with E-state index in [1.165, 1.54) is 13.0 Å². The minimum atomic E-state index is -0.558. The summed E-state index contributed by atoms with van der Waals surface area (Å²) in [4.78, 5) is 17.8. The van der Waals surface area contributed by atoms with Crippen LogP contribution in [0.1, 0.15) is 42.5 Å². The summed E-state index contributed by atoms with van der Waals surface area (Å²) in [5, 5.41) is 6.65. The van der Waals surface area contributed by atoms with Gasteiger partial charge in [0, 0.05) is 26.2 Å². The first-order valence-electron chi connectivity index (χ1n) is 8.20. The molecule has 2 rings (SSSR count). The van der Waals surface area contributed by atoms with Crippen molar-refractivity contribution in [2.45, 2.75) is 38.8 Å². The maximum absolute atomic E-state index is 11.0. The van der Waals surface area contributed by atoms with E-state index in [2.05, 4.69) is 27.4 Å². The molecule has 0 radical (unpaired) electrons. The third-order valence-corrected chi connectivity index (χ3v) is 4.03. The van der Waals surface area contributed by atoms with Crippen molar-refractivity contribution in [2.75, 3.05) is 26.7 Å². The molecule has 0 bridgehead atoms. The highest BCUT2D eigenvalue weighted by Gasteiger charge is 2.19. The summed E-state index contributed by atoms with van der Waals surface area (Å²) in [5.74, 6) is 1.01. The second kappa shape index (κ2) is 8.57. The van der Waals surface area contributed by atoms with Gasteiger partial charge in [-0.25, -0.2) is 0 Å². The van der Waals surface area contributed by atoms with Crippen LogP contribution in [0.4, 0.5) is 0 Å². The molecule has 7 heteroatoms. The maximum atomic E-state index is 11.0. The lowest BCUT2D eigenvalue weighted by molar-refractivity contribution is 0.0972. The van der Waals surface area contributed by atoms with Crippen molar-refractivity contribution < 1.29 is 9.21 Å². The van der Waals surface area contributed by atoms with Crippen LogP contribution in [0.15, 0.2) is 21.5 Å². The molecule has 23 heavy (non-hydrogen) atoms. The molecule has 0 aliphatic carbocycles. The van der Waals surface area contributed by atoms with Crippen molar-refractivity contribution in [3.8, 4) is 0 Å². The topological polar surface area (TPSA) is 95.9 Å². The van der Waals surface area contributed by atoms with Crippen molar-refractivity contribution in [2.24, 2.45) is 10.7 Å². The van der Waals surface area contributed by atoms with Crippen LogP contribution in [-0.2, 0) is 6.54 Å². The van der Waals surface area contributed by atoms with Crippen LogP contribution in [0.2, 0.25) is 0 Å². The zero-order valence-corrected chi connectivity index (χ0v) is 14.0. The van der Waals surface area contributed by atoms with Gasteiger partial charge in [0.2, 0.25) is 0 Å². The highest BCUT2D eigenvalue weighted by atomic mass is 16.3. The van der Waals surface area contributed by atoms with Gasteiger partial charge in [-0.15, -0.1) is 0 Å². The third kappa shape index (κ3) is 5.28. The monoisotopic (exact) mass is 321 g/mol. The second-order valence-electron chi connectivity index (χ2n) is 5.82. The van der Waals surface area contributed by atoms with Crippen molar-refractivity contribution in [3.63, 3.8) is 0 Å². The molecular formula is C16H27N5O2. The number of nitrogens with two attached hydrogens (primary N) is 1. The van der Waals surface area contributed by atoms with E-state index in [-0.39, 0.29) is 5.76 Å². The molecule has 128 valence electrons. The lowest BCUT2D eigenvalue weighted by Gasteiger charge is -2.32. The van der Waals surface area contributed by atoms with Gasteiger partial charge in [0.05, 0.1) is 6.54 Å². The number of carbonyl (C=O) groups excluding carboxylic acids is 1. The van der Waals surface area contributed by atoms with E-state index in [0.717, 1.165) is 31.9 Å². The summed E-state index contributed by atoms with van der Waals surface area (Å²) in [6.45, 7) is 6.11. The van der Waals surface area contributed by atoms with Gasteiger partial charge in [-0.2, -0.15) is 0 Å². The smallest absolute Gasteiger partial charge is 0.284 e. The third-order valence-electron chi connectivity index (χ3n) is 4.03. The number of hydrogen-bond acceptors (Lipinski definition) is 4. The molecule has 0 aromatic carbocycles. The van der Waals surface area contributed by atoms with Gasteiger partial charge in [-0.1, -0.05) is 6.92 Å². The molecule has 1 fully saturated rings. The van der Waals surface area contributed by atoms with Gasteiger partial charge in [0.15, 0.2) is 11.7 Å². The van der Waals surface area contributed by atoms with Gasteiger partial charge < -0.3 is 25.7 Å².